The molecule has 31 heavy (non-hydrogen) atoms. The molecule has 3 aliphatic carbocycles. The minimum atomic E-state index is -0.845. The van der Waals surface area contributed by atoms with Crippen LogP contribution >= 0.6 is 0 Å². The van der Waals surface area contributed by atoms with E-state index in [1.54, 1.807) is 0 Å². The summed E-state index contributed by atoms with van der Waals surface area (Å²) in [5.74, 6) is -0.592. The van der Waals surface area contributed by atoms with Crippen LogP contribution in [0.15, 0.2) is 48.5 Å². The Morgan fingerprint density at radius 2 is 1.58 bits per heavy atom. The molecule has 0 aliphatic heterocycles. The van der Waals surface area contributed by atoms with E-state index in [2.05, 4.69) is 43.4 Å². The summed E-state index contributed by atoms with van der Waals surface area (Å²) in [4.78, 5) is 24.8. The van der Waals surface area contributed by atoms with E-state index in [1.165, 1.54) is 11.1 Å². The van der Waals surface area contributed by atoms with E-state index < -0.39 is 23.5 Å². The summed E-state index contributed by atoms with van der Waals surface area (Å²) in [5, 5.41) is 12.8. The number of carbonyl (C=O) groups is 2. The van der Waals surface area contributed by atoms with Gasteiger partial charge in [-0.05, 0) is 59.3 Å². The second kappa shape index (κ2) is 6.84. The smallest absolute Gasteiger partial charge is 0.407 e. The van der Waals surface area contributed by atoms with E-state index in [9.17, 15) is 14.7 Å². The number of carboxylic acid groups (broad SMARTS) is 1. The van der Waals surface area contributed by atoms with Crippen molar-refractivity contribution in [2.75, 3.05) is 6.61 Å². The minimum absolute atomic E-state index is 0.0145. The third-order valence-corrected chi connectivity index (χ3v) is 8.22. The highest BCUT2D eigenvalue weighted by Gasteiger charge is 2.65. The summed E-state index contributed by atoms with van der Waals surface area (Å²) >= 11 is 0. The van der Waals surface area contributed by atoms with Crippen LogP contribution in [0.5, 0.6) is 0 Å². The van der Waals surface area contributed by atoms with E-state index in [1.807, 2.05) is 31.2 Å². The highest BCUT2D eigenvalue weighted by Crippen LogP contribution is 2.67. The van der Waals surface area contributed by atoms with E-state index >= 15 is 0 Å². The Bertz CT molecular complexity index is 1020. The first-order chi connectivity index (χ1) is 14.7. The molecule has 5 rings (SSSR count). The van der Waals surface area contributed by atoms with Gasteiger partial charge in [0.2, 0.25) is 0 Å². The Balaban J connectivity index is 1.31. The van der Waals surface area contributed by atoms with Gasteiger partial charge in [-0.3, -0.25) is 4.79 Å². The molecular formula is C26H29NO4. The maximum absolute atomic E-state index is 12.8. The van der Waals surface area contributed by atoms with Crippen molar-refractivity contribution in [2.24, 2.45) is 23.2 Å². The van der Waals surface area contributed by atoms with Crippen molar-refractivity contribution >= 4 is 12.1 Å². The summed E-state index contributed by atoms with van der Waals surface area (Å²) in [6, 6.07) is 16.4. The summed E-state index contributed by atoms with van der Waals surface area (Å²) in [6.45, 7) is 6.48. The van der Waals surface area contributed by atoms with E-state index in [-0.39, 0.29) is 17.9 Å². The normalized spacial score (nSPS) is 30.0. The molecule has 162 valence electrons. The van der Waals surface area contributed by atoms with E-state index in [4.69, 9.17) is 4.74 Å². The monoisotopic (exact) mass is 419 g/mol. The van der Waals surface area contributed by atoms with Gasteiger partial charge >= 0.3 is 12.1 Å². The van der Waals surface area contributed by atoms with Crippen LogP contribution in [-0.2, 0) is 9.53 Å². The van der Waals surface area contributed by atoms with Gasteiger partial charge in [-0.1, -0.05) is 62.4 Å². The number of fused-ring (bicyclic) bond motifs is 4. The van der Waals surface area contributed by atoms with Gasteiger partial charge in [0.1, 0.15) is 6.61 Å². The molecule has 2 aromatic rings. The molecule has 2 N–H and O–H groups in total. The molecule has 1 unspecified atom stereocenters. The fourth-order valence-electron chi connectivity index (χ4n) is 6.22. The highest BCUT2D eigenvalue weighted by atomic mass is 16.5. The number of benzene rings is 2. The van der Waals surface area contributed by atoms with Crippen LogP contribution < -0.4 is 5.32 Å². The second-order valence-electron chi connectivity index (χ2n) is 10.2. The number of rotatable bonds is 4. The molecule has 0 bridgehead atoms. The number of hydrogen-bond acceptors (Lipinski definition) is 3. The molecule has 0 aromatic heterocycles. The Kier molecular flexibility index (Phi) is 4.44. The zero-order valence-corrected chi connectivity index (χ0v) is 18.2. The van der Waals surface area contributed by atoms with E-state index in [0.717, 1.165) is 11.1 Å². The number of hydrogen-bond donors (Lipinski definition) is 2. The molecule has 4 atom stereocenters. The van der Waals surface area contributed by atoms with Crippen molar-refractivity contribution in [3.05, 3.63) is 59.7 Å². The van der Waals surface area contributed by atoms with Crippen molar-refractivity contribution in [3.8, 4) is 11.1 Å². The van der Waals surface area contributed by atoms with Crippen molar-refractivity contribution in [2.45, 2.75) is 45.1 Å². The SMILES string of the molecule is CC1(C)C2C[C@@H](C(=O)O)[C@@](C)(NC(=O)OCC3c4ccccc4-c4ccccc43)C[C@H]21. The van der Waals surface area contributed by atoms with Crippen molar-refractivity contribution < 1.29 is 19.4 Å². The second-order valence-corrected chi connectivity index (χ2v) is 10.2. The average molecular weight is 420 g/mol. The van der Waals surface area contributed by atoms with Gasteiger partial charge in [0.25, 0.3) is 0 Å². The first-order valence-corrected chi connectivity index (χ1v) is 11.1. The molecule has 0 spiro atoms. The third kappa shape index (κ3) is 3.13. The fourth-order valence-corrected chi connectivity index (χ4v) is 6.22. The maximum atomic E-state index is 12.8. The quantitative estimate of drug-likeness (QED) is 0.727. The Labute approximate surface area is 182 Å². The number of carbonyl (C=O) groups excluding carboxylic acids is 1. The van der Waals surface area contributed by atoms with Crippen LogP contribution in [0, 0.1) is 23.2 Å². The molecule has 3 aliphatic rings. The number of alkyl carbamates (subject to hydrolysis) is 1. The van der Waals surface area contributed by atoms with Crippen molar-refractivity contribution in [3.63, 3.8) is 0 Å². The molecular weight excluding hydrogens is 390 g/mol. The van der Waals surface area contributed by atoms with Gasteiger partial charge in [-0.2, -0.15) is 0 Å². The fraction of sp³-hybridized carbons (Fsp3) is 0.462. The summed E-state index contributed by atoms with van der Waals surface area (Å²) < 4.78 is 5.69. The van der Waals surface area contributed by atoms with Gasteiger partial charge in [0.15, 0.2) is 0 Å². The Morgan fingerprint density at radius 1 is 1.00 bits per heavy atom. The first kappa shape index (κ1) is 20.1. The van der Waals surface area contributed by atoms with Crippen LogP contribution in [0.4, 0.5) is 4.79 Å². The highest BCUT2D eigenvalue weighted by molar-refractivity contribution is 5.79. The zero-order valence-electron chi connectivity index (χ0n) is 18.2. The largest absolute Gasteiger partial charge is 0.481 e. The van der Waals surface area contributed by atoms with Crippen LogP contribution in [0.25, 0.3) is 11.1 Å². The van der Waals surface area contributed by atoms with Crippen LogP contribution in [0.3, 0.4) is 0 Å². The number of carboxylic acids is 1. The predicted molar refractivity (Wildman–Crippen MR) is 118 cm³/mol. The van der Waals surface area contributed by atoms with Gasteiger partial charge in [0, 0.05) is 5.92 Å². The Morgan fingerprint density at radius 3 is 2.16 bits per heavy atom. The summed E-state index contributed by atoms with van der Waals surface area (Å²) in [6.07, 6.45) is 0.742. The first-order valence-electron chi connectivity index (χ1n) is 11.1. The molecule has 0 heterocycles. The van der Waals surface area contributed by atoms with Crippen LogP contribution in [0.2, 0.25) is 0 Å². The summed E-state index contributed by atoms with van der Waals surface area (Å²) in [5.41, 5.74) is 4.02. The molecule has 0 saturated heterocycles. The zero-order chi connectivity index (χ0) is 22.0. The standard InChI is InChI=1S/C26H29NO4/c1-25(2)20-12-21(23(28)29)26(3,13-22(20)25)27-24(30)31-14-19-17-10-6-4-8-15(17)16-9-5-7-11-18(16)19/h4-11,19-22H,12-14H2,1-3H3,(H,27,30)(H,28,29)/t20?,21-,22+,26-/m0/s1. The lowest BCUT2D eigenvalue weighted by Gasteiger charge is -2.39. The van der Waals surface area contributed by atoms with Crippen LogP contribution in [-0.4, -0.2) is 29.3 Å². The topological polar surface area (TPSA) is 75.6 Å². The lowest BCUT2D eigenvalue weighted by molar-refractivity contribution is -0.146. The lowest BCUT2D eigenvalue weighted by Crippen LogP contribution is -2.56. The van der Waals surface area contributed by atoms with Gasteiger partial charge in [-0.25, -0.2) is 4.79 Å². The number of aliphatic carboxylic acids is 1. The molecule has 2 fully saturated rings. The molecule has 5 nitrogen and oxygen atoms in total. The number of ether oxygens (including phenoxy) is 1. The third-order valence-electron chi connectivity index (χ3n) is 8.22. The predicted octanol–water partition coefficient (Wildman–Crippen LogP) is 5.05. The maximum Gasteiger partial charge on any atom is 0.407 e. The molecule has 2 aromatic carbocycles. The Hall–Kier alpha value is -2.82. The minimum Gasteiger partial charge on any atom is -0.481 e. The average Bonchev–Trinajstić information content (AvgIpc) is 3.10. The van der Waals surface area contributed by atoms with Crippen molar-refractivity contribution in [1.82, 2.24) is 5.32 Å². The van der Waals surface area contributed by atoms with Gasteiger partial charge < -0.3 is 15.2 Å². The van der Waals surface area contributed by atoms with Crippen LogP contribution in [0.1, 0.15) is 50.7 Å². The lowest BCUT2D eigenvalue weighted by atomic mass is 9.74. The molecule has 5 heteroatoms. The molecule has 0 radical (unpaired) electrons. The molecule has 1 amide bonds. The van der Waals surface area contributed by atoms with E-state index in [0.29, 0.717) is 24.7 Å². The number of nitrogens with one attached hydrogen (secondary N) is 1. The molecule has 2 saturated carbocycles. The number of amides is 1. The van der Waals surface area contributed by atoms with Gasteiger partial charge in [0.05, 0.1) is 11.5 Å². The van der Waals surface area contributed by atoms with Gasteiger partial charge in [-0.15, -0.1) is 0 Å². The summed E-state index contributed by atoms with van der Waals surface area (Å²) in [7, 11) is 0. The van der Waals surface area contributed by atoms with Crippen molar-refractivity contribution in [1.29, 1.82) is 0 Å².